The smallest absolute Gasteiger partial charge is 0.503 e. The number of ether oxygens (including phenoxy) is 2. The number of benzene rings is 6. The fourth-order valence-electron chi connectivity index (χ4n) is 7.27. The number of rotatable bonds is 8. The topological polar surface area (TPSA) is 78.2 Å². The molecule has 1 aliphatic heterocycles. The molecule has 11 heteroatoms. The van der Waals surface area contributed by atoms with Crippen LogP contribution in [0.1, 0.15) is 0 Å². The maximum atomic E-state index is 6.41. The van der Waals surface area contributed by atoms with E-state index < -0.39 is 0 Å². The normalized spacial score (nSPS) is 11.6. The van der Waals surface area contributed by atoms with Gasteiger partial charge in [0.1, 0.15) is 0 Å². The number of para-hydroxylation sites is 2. The Hall–Kier alpha value is -6.37. The van der Waals surface area contributed by atoms with Crippen LogP contribution in [-0.4, -0.2) is 24.5 Å². The van der Waals surface area contributed by atoms with Gasteiger partial charge in [-0.3, -0.25) is 0 Å². The number of anilines is 3. The molecule has 4 aromatic heterocycles. The van der Waals surface area contributed by atoms with E-state index in [4.69, 9.17) is 19.4 Å². The quantitative estimate of drug-likeness (QED) is 0.139. The van der Waals surface area contributed by atoms with Gasteiger partial charge in [-0.25, -0.2) is 9.97 Å². The average Bonchev–Trinajstić information content (AvgIpc) is 3.61. The summed E-state index contributed by atoms with van der Waals surface area (Å²) in [6.07, 6.45) is 7.25. The van der Waals surface area contributed by atoms with Gasteiger partial charge in [-0.1, -0.05) is 83.5 Å². The van der Waals surface area contributed by atoms with Gasteiger partial charge in [0.25, 0.3) is 0 Å². The minimum Gasteiger partial charge on any atom is -0.503 e. The molecular weight excluding hydrogens is 1140 g/mol. The maximum absolute atomic E-state index is 6.41. The summed E-state index contributed by atoms with van der Waals surface area (Å²) >= 11 is 1.76. The molecule has 11 rings (SSSR count). The van der Waals surface area contributed by atoms with Crippen LogP contribution in [0.5, 0.6) is 23.0 Å². The van der Waals surface area contributed by atoms with E-state index in [1.54, 1.807) is 24.2 Å². The molecule has 61 heavy (non-hydrogen) atoms. The number of nitrogens with zero attached hydrogens (tertiary/aromatic N) is 6. The molecule has 0 saturated heterocycles. The van der Waals surface area contributed by atoms with Crippen LogP contribution in [0, 0.1) is 24.3 Å². The molecular formula is C50H28N6O2Pt2S. The Morgan fingerprint density at radius 1 is 0.443 bits per heavy atom. The van der Waals surface area contributed by atoms with Gasteiger partial charge in [-0.2, -0.15) is 22.9 Å². The van der Waals surface area contributed by atoms with E-state index >= 15 is 0 Å². The molecule has 6 aromatic carbocycles. The van der Waals surface area contributed by atoms with Gasteiger partial charge in [0.15, 0.2) is 0 Å². The summed E-state index contributed by atoms with van der Waals surface area (Å²) < 4.78 is 14.8. The zero-order chi connectivity index (χ0) is 39.1. The van der Waals surface area contributed by atoms with E-state index in [9.17, 15) is 0 Å². The van der Waals surface area contributed by atoms with Gasteiger partial charge in [-0.05, 0) is 47.8 Å². The number of aromatic nitrogens is 5. The van der Waals surface area contributed by atoms with Gasteiger partial charge in [-0.15, -0.1) is 71.8 Å². The molecule has 8 nitrogen and oxygen atoms in total. The van der Waals surface area contributed by atoms with E-state index in [0.29, 0.717) is 40.0 Å². The van der Waals surface area contributed by atoms with E-state index in [1.165, 1.54) is 0 Å². The SMILES string of the molecule is [Pt+2].[Pt+2].[c-]1c(Oc2[c-]c3c(cc2)c2ccc(Oc4[c-]c(-c5ccccn5)ccc4)[c-]c2n3-c2ncc(N3c4ccccc4Sc4ccccc43)cn2)cccc1-c1ccccn1. The molecule has 5 heterocycles. The van der Waals surface area contributed by atoms with Gasteiger partial charge < -0.3 is 28.9 Å². The van der Waals surface area contributed by atoms with Crippen molar-refractivity contribution >= 4 is 50.6 Å². The second-order valence-electron chi connectivity index (χ2n) is 13.6. The third-order valence-electron chi connectivity index (χ3n) is 9.91. The predicted octanol–water partition coefficient (Wildman–Crippen LogP) is 12.4. The third-order valence-corrected chi connectivity index (χ3v) is 11.0. The summed E-state index contributed by atoms with van der Waals surface area (Å²) in [5, 5.41) is 1.85. The molecule has 0 amide bonds. The first-order valence-electron chi connectivity index (χ1n) is 18.9. The summed E-state index contributed by atoms with van der Waals surface area (Å²) in [6.45, 7) is 0. The van der Waals surface area contributed by atoms with Crippen LogP contribution in [0.25, 0.3) is 50.3 Å². The summed E-state index contributed by atoms with van der Waals surface area (Å²) in [5.41, 5.74) is 7.68. The Morgan fingerprint density at radius 2 is 0.918 bits per heavy atom. The second kappa shape index (κ2) is 17.3. The zero-order valence-corrected chi connectivity index (χ0v) is 37.1. The van der Waals surface area contributed by atoms with Crippen LogP contribution < -0.4 is 14.4 Å². The number of pyridine rings is 2. The van der Waals surface area contributed by atoms with E-state index in [0.717, 1.165) is 60.1 Å². The molecule has 0 fully saturated rings. The van der Waals surface area contributed by atoms with E-state index in [2.05, 4.69) is 87.7 Å². The molecule has 0 radical (unpaired) electrons. The molecule has 0 spiro atoms. The third kappa shape index (κ3) is 7.77. The van der Waals surface area contributed by atoms with Gasteiger partial charge in [0, 0.05) is 45.2 Å². The van der Waals surface area contributed by atoms with Crippen molar-refractivity contribution in [1.29, 1.82) is 0 Å². The predicted molar refractivity (Wildman–Crippen MR) is 230 cm³/mol. The summed E-state index contributed by atoms with van der Waals surface area (Å²) in [7, 11) is 0. The Labute approximate surface area is 384 Å². The first-order valence-corrected chi connectivity index (χ1v) is 19.7. The minimum absolute atomic E-state index is 0. The Balaban J connectivity index is 0.00000238. The number of hydrogen-bond acceptors (Lipinski definition) is 8. The van der Waals surface area contributed by atoms with Crippen molar-refractivity contribution in [3.63, 3.8) is 0 Å². The van der Waals surface area contributed by atoms with Crippen LogP contribution in [0.3, 0.4) is 0 Å². The first kappa shape index (κ1) is 40.1. The summed E-state index contributed by atoms with van der Waals surface area (Å²) in [4.78, 5) is 23.5. The van der Waals surface area contributed by atoms with E-state index in [1.807, 2.05) is 114 Å². The molecule has 1 aliphatic rings. The van der Waals surface area contributed by atoms with E-state index in [-0.39, 0.29) is 42.1 Å². The Bertz CT molecular complexity index is 2980. The molecule has 0 aliphatic carbocycles. The monoisotopic (exact) mass is 1170 g/mol. The zero-order valence-electron chi connectivity index (χ0n) is 31.7. The molecule has 0 bridgehead atoms. The largest absolute Gasteiger partial charge is 2.00 e. The van der Waals surface area contributed by atoms with Crippen LogP contribution in [0.4, 0.5) is 17.1 Å². The fourth-order valence-corrected chi connectivity index (χ4v) is 8.33. The van der Waals surface area contributed by atoms with Crippen molar-refractivity contribution in [3.8, 4) is 51.5 Å². The van der Waals surface area contributed by atoms with Crippen molar-refractivity contribution in [2.75, 3.05) is 4.90 Å². The molecule has 0 N–H and O–H groups in total. The minimum atomic E-state index is 0. The number of fused-ring (bicyclic) bond motifs is 5. The fraction of sp³-hybridized carbons (Fsp3) is 0. The van der Waals surface area contributed by atoms with Gasteiger partial charge >= 0.3 is 42.1 Å². The van der Waals surface area contributed by atoms with Gasteiger partial charge in [0.2, 0.25) is 5.95 Å². The summed E-state index contributed by atoms with van der Waals surface area (Å²) in [6, 6.07) is 61.5. The Morgan fingerprint density at radius 3 is 1.41 bits per heavy atom. The van der Waals surface area contributed by atoms with Crippen LogP contribution in [0.15, 0.2) is 180 Å². The van der Waals surface area contributed by atoms with Crippen molar-refractivity contribution in [3.05, 3.63) is 195 Å². The standard InChI is InChI=1S/C50H28N6O2S.2Pt/c1-3-19-48-44(17-1)55(45-18-2-4-20-49(45)59-48)35-31-53-50(54-32-35)56-46-29-38(57-36-13-9-11-33(27-36)42-15-5-7-25-51-42)21-23-40(46)41-24-22-39(30-47(41)56)58-37-14-10-12-34(28-37)43-16-6-8-26-52-43;;/h1-26,31-32H;;/q-4;2*+2. The molecule has 0 saturated carbocycles. The van der Waals surface area contributed by atoms with Crippen molar-refractivity contribution in [2.45, 2.75) is 9.79 Å². The maximum Gasteiger partial charge on any atom is 2.00 e. The van der Waals surface area contributed by atoms with Crippen LogP contribution in [0.2, 0.25) is 0 Å². The van der Waals surface area contributed by atoms with Crippen molar-refractivity contribution < 1.29 is 51.6 Å². The molecule has 296 valence electrons. The van der Waals surface area contributed by atoms with Crippen LogP contribution >= 0.6 is 11.8 Å². The number of hydrogen-bond donors (Lipinski definition) is 0. The average molecular weight is 1170 g/mol. The molecule has 0 unspecified atom stereocenters. The molecule has 0 atom stereocenters. The van der Waals surface area contributed by atoms with Gasteiger partial charge in [0.05, 0.1) is 29.5 Å². The van der Waals surface area contributed by atoms with Crippen LogP contribution in [-0.2, 0) is 42.1 Å². The van der Waals surface area contributed by atoms with Crippen molar-refractivity contribution in [1.82, 2.24) is 24.5 Å². The van der Waals surface area contributed by atoms with Crippen molar-refractivity contribution in [2.24, 2.45) is 0 Å². The summed E-state index contributed by atoms with van der Waals surface area (Å²) in [5.74, 6) is 2.53. The Kier molecular flexibility index (Phi) is 11.4. The second-order valence-corrected chi connectivity index (χ2v) is 14.7. The first-order chi connectivity index (χ1) is 29.2. The molecule has 10 aromatic rings.